The Hall–Kier alpha value is -0.820. The Morgan fingerprint density at radius 1 is 1.33 bits per heavy atom. The number of carbonyl (C=O) groups is 1. The van der Waals surface area contributed by atoms with Gasteiger partial charge >= 0.3 is 6.18 Å². The number of amides is 1. The highest BCUT2D eigenvalue weighted by atomic mass is 19.4. The van der Waals surface area contributed by atoms with E-state index in [0.29, 0.717) is 5.92 Å². The lowest BCUT2D eigenvalue weighted by Crippen LogP contribution is -2.44. The zero-order valence-corrected chi connectivity index (χ0v) is 10.5. The molecular formula is C11H20F3N3O. The molecule has 0 saturated carbocycles. The van der Waals surface area contributed by atoms with Crippen molar-refractivity contribution >= 4 is 5.91 Å². The number of piperidine rings is 1. The second-order valence-corrected chi connectivity index (χ2v) is 4.67. The summed E-state index contributed by atoms with van der Waals surface area (Å²) in [5.41, 5.74) is 0. The molecule has 0 aromatic rings. The minimum atomic E-state index is -4.34. The van der Waals surface area contributed by atoms with Gasteiger partial charge in [-0.2, -0.15) is 13.2 Å². The molecule has 1 rings (SSSR count). The highest BCUT2D eigenvalue weighted by molar-refractivity contribution is 5.78. The molecule has 1 saturated heterocycles. The van der Waals surface area contributed by atoms with Gasteiger partial charge in [0, 0.05) is 0 Å². The predicted octanol–water partition coefficient (Wildman–Crippen LogP) is 0.596. The SMILES string of the molecule is CNCC1CCN(CC(=O)NCC(F)(F)F)CC1. The first kappa shape index (κ1) is 15.2. The van der Waals surface area contributed by atoms with E-state index in [9.17, 15) is 18.0 Å². The molecule has 1 fully saturated rings. The van der Waals surface area contributed by atoms with Crippen LogP contribution in [0.25, 0.3) is 0 Å². The molecule has 7 heteroatoms. The number of halogens is 3. The van der Waals surface area contributed by atoms with E-state index in [-0.39, 0.29) is 6.54 Å². The van der Waals surface area contributed by atoms with Crippen molar-refractivity contribution in [3.05, 3.63) is 0 Å². The molecule has 0 atom stereocenters. The van der Waals surface area contributed by atoms with E-state index in [1.807, 2.05) is 17.3 Å². The van der Waals surface area contributed by atoms with Gasteiger partial charge in [0.05, 0.1) is 6.54 Å². The second-order valence-electron chi connectivity index (χ2n) is 4.67. The van der Waals surface area contributed by atoms with Crippen LogP contribution in [0.3, 0.4) is 0 Å². The van der Waals surface area contributed by atoms with Gasteiger partial charge in [0.1, 0.15) is 6.54 Å². The van der Waals surface area contributed by atoms with Crippen LogP contribution in [-0.2, 0) is 4.79 Å². The molecule has 1 aliphatic heterocycles. The van der Waals surface area contributed by atoms with Crippen LogP contribution in [0.1, 0.15) is 12.8 Å². The maximum Gasteiger partial charge on any atom is 0.405 e. The highest BCUT2D eigenvalue weighted by Crippen LogP contribution is 2.16. The number of alkyl halides is 3. The van der Waals surface area contributed by atoms with Crippen LogP contribution in [0.5, 0.6) is 0 Å². The van der Waals surface area contributed by atoms with Gasteiger partial charge in [-0.15, -0.1) is 0 Å². The first-order valence-corrected chi connectivity index (χ1v) is 6.11. The molecule has 4 nitrogen and oxygen atoms in total. The van der Waals surface area contributed by atoms with Crippen LogP contribution >= 0.6 is 0 Å². The molecule has 1 aliphatic rings. The highest BCUT2D eigenvalue weighted by Gasteiger charge is 2.28. The van der Waals surface area contributed by atoms with Crippen molar-refractivity contribution in [3.8, 4) is 0 Å². The van der Waals surface area contributed by atoms with Gasteiger partial charge in [0.15, 0.2) is 0 Å². The lowest BCUT2D eigenvalue weighted by molar-refractivity contribution is -0.139. The number of carbonyl (C=O) groups excluding carboxylic acids is 1. The molecule has 106 valence electrons. The minimum Gasteiger partial charge on any atom is -0.346 e. The van der Waals surface area contributed by atoms with Crippen LogP contribution in [0.15, 0.2) is 0 Å². The summed E-state index contributed by atoms with van der Waals surface area (Å²) in [5, 5.41) is 5.00. The maximum atomic E-state index is 11.9. The van der Waals surface area contributed by atoms with Crippen molar-refractivity contribution in [1.29, 1.82) is 0 Å². The smallest absolute Gasteiger partial charge is 0.346 e. The normalized spacial score (nSPS) is 18.9. The average molecular weight is 267 g/mol. The van der Waals surface area contributed by atoms with Crippen molar-refractivity contribution in [2.45, 2.75) is 19.0 Å². The topological polar surface area (TPSA) is 44.4 Å². The van der Waals surface area contributed by atoms with Gasteiger partial charge in [0.25, 0.3) is 0 Å². The van der Waals surface area contributed by atoms with Gasteiger partial charge in [-0.3, -0.25) is 9.69 Å². The fourth-order valence-electron chi connectivity index (χ4n) is 2.10. The number of hydrogen-bond donors (Lipinski definition) is 2. The van der Waals surface area contributed by atoms with Gasteiger partial charge in [0.2, 0.25) is 5.91 Å². The summed E-state index contributed by atoms with van der Waals surface area (Å²) < 4.78 is 35.7. The molecule has 1 heterocycles. The second kappa shape index (κ2) is 6.94. The van der Waals surface area contributed by atoms with Crippen LogP contribution in [-0.4, -0.2) is 56.8 Å². The van der Waals surface area contributed by atoms with Crippen molar-refractivity contribution in [2.75, 3.05) is 39.8 Å². The van der Waals surface area contributed by atoms with Crippen molar-refractivity contribution in [2.24, 2.45) is 5.92 Å². The number of hydrogen-bond acceptors (Lipinski definition) is 3. The fourth-order valence-corrected chi connectivity index (χ4v) is 2.10. The Kier molecular flexibility index (Phi) is 5.87. The van der Waals surface area contributed by atoms with E-state index in [1.54, 1.807) is 0 Å². The van der Waals surface area contributed by atoms with Gasteiger partial charge in [-0.25, -0.2) is 0 Å². The lowest BCUT2D eigenvalue weighted by atomic mass is 9.97. The molecular weight excluding hydrogens is 247 g/mol. The molecule has 18 heavy (non-hydrogen) atoms. The molecule has 1 amide bonds. The largest absolute Gasteiger partial charge is 0.405 e. The fraction of sp³-hybridized carbons (Fsp3) is 0.909. The first-order valence-electron chi connectivity index (χ1n) is 6.11. The predicted molar refractivity (Wildman–Crippen MR) is 62.2 cm³/mol. The Morgan fingerprint density at radius 3 is 2.44 bits per heavy atom. The summed E-state index contributed by atoms with van der Waals surface area (Å²) in [6, 6.07) is 0. The number of nitrogens with zero attached hydrogens (tertiary/aromatic N) is 1. The first-order chi connectivity index (χ1) is 8.40. The standard InChI is InChI=1S/C11H20F3N3O/c1-15-6-9-2-4-17(5-3-9)7-10(18)16-8-11(12,13)14/h9,15H,2-8H2,1H3,(H,16,18). The molecule has 2 N–H and O–H groups in total. The van der Waals surface area contributed by atoms with E-state index in [2.05, 4.69) is 5.32 Å². The van der Waals surface area contributed by atoms with Crippen LogP contribution < -0.4 is 10.6 Å². The number of likely N-dealkylation sites (tertiary alicyclic amines) is 1. The Balaban J connectivity index is 2.18. The van der Waals surface area contributed by atoms with Crippen molar-refractivity contribution < 1.29 is 18.0 Å². The van der Waals surface area contributed by atoms with Crippen molar-refractivity contribution in [1.82, 2.24) is 15.5 Å². The molecule has 0 radical (unpaired) electrons. The van der Waals surface area contributed by atoms with Gasteiger partial charge < -0.3 is 10.6 Å². The zero-order valence-electron chi connectivity index (χ0n) is 10.5. The van der Waals surface area contributed by atoms with Crippen LogP contribution in [0, 0.1) is 5.92 Å². The van der Waals surface area contributed by atoms with E-state index < -0.39 is 18.6 Å². The Morgan fingerprint density at radius 2 is 1.94 bits per heavy atom. The Labute approximate surface area is 105 Å². The van der Waals surface area contributed by atoms with Crippen molar-refractivity contribution in [3.63, 3.8) is 0 Å². The van der Waals surface area contributed by atoms with E-state index in [0.717, 1.165) is 32.5 Å². The maximum absolute atomic E-state index is 11.9. The number of rotatable bonds is 5. The van der Waals surface area contributed by atoms with Gasteiger partial charge in [-0.1, -0.05) is 0 Å². The summed E-state index contributed by atoms with van der Waals surface area (Å²) in [6.45, 7) is 1.30. The summed E-state index contributed by atoms with van der Waals surface area (Å²) in [7, 11) is 1.90. The molecule has 0 unspecified atom stereocenters. The molecule has 0 aromatic heterocycles. The molecule has 0 aromatic carbocycles. The summed E-state index contributed by atoms with van der Waals surface area (Å²) in [5.74, 6) is 0.0453. The molecule has 0 aliphatic carbocycles. The third-order valence-electron chi connectivity index (χ3n) is 3.05. The van der Waals surface area contributed by atoms with Crippen LogP contribution in [0.4, 0.5) is 13.2 Å². The van der Waals surface area contributed by atoms with E-state index in [4.69, 9.17) is 0 Å². The summed E-state index contributed by atoms with van der Waals surface area (Å²) >= 11 is 0. The third kappa shape index (κ3) is 6.20. The average Bonchev–Trinajstić information content (AvgIpc) is 2.29. The molecule has 0 spiro atoms. The monoisotopic (exact) mass is 267 g/mol. The quantitative estimate of drug-likeness (QED) is 0.766. The van der Waals surface area contributed by atoms with Gasteiger partial charge in [-0.05, 0) is 45.4 Å². The van der Waals surface area contributed by atoms with E-state index in [1.165, 1.54) is 0 Å². The Bertz CT molecular complexity index is 263. The van der Waals surface area contributed by atoms with E-state index >= 15 is 0 Å². The summed E-state index contributed by atoms with van der Waals surface area (Å²) in [6.07, 6.45) is -2.38. The molecule has 0 bridgehead atoms. The number of nitrogens with one attached hydrogen (secondary N) is 2. The van der Waals surface area contributed by atoms with Crippen LogP contribution in [0.2, 0.25) is 0 Å². The zero-order chi connectivity index (χ0) is 13.6. The lowest BCUT2D eigenvalue weighted by Gasteiger charge is -2.31. The third-order valence-corrected chi connectivity index (χ3v) is 3.05. The summed E-state index contributed by atoms with van der Waals surface area (Å²) in [4.78, 5) is 13.2. The minimum absolute atomic E-state index is 0.0579.